The first kappa shape index (κ1) is 18.8. The zero-order valence-electron chi connectivity index (χ0n) is 14.4. The molecule has 4 heteroatoms. The lowest BCUT2D eigenvalue weighted by molar-refractivity contribution is -0.254. The van der Waals surface area contributed by atoms with Crippen molar-refractivity contribution in [2.45, 2.75) is 65.1 Å². The predicted molar refractivity (Wildman–Crippen MR) is 87.8 cm³/mol. The second-order valence-corrected chi connectivity index (χ2v) is 6.49. The van der Waals surface area contributed by atoms with Crippen molar-refractivity contribution in [1.82, 2.24) is 5.06 Å². The molecule has 0 bridgehead atoms. The summed E-state index contributed by atoms with van der Waals surface area (Å²) in [5.41, 5.74) is -0.115. The Hall–Kier alpha value is -1.23. The Morgan fingerprint density at radius 3 is 2.32 bits per heavy atom. The number of Topliss-reactive ketones (excluding diaryl/α,β-unsaturated/α-hetero) is 1. The summed E-state index contributed by atoms with van der Waals surface area (Å²) in [5.74, 6) is 0.172. The molecule has 124 valence electrons. The maximum absolute atomic E-state index is 11.9. The van der Waals surface area contributed by atoms with Crippen LogP contribution in [0, 0.1) is 0 Å². The Balaban J connectivity index is 0.00000116. The number of carbonyl (C=O) groups is 1. The number of ketones is 1. The molecule has 1 atom stereocenters. The van der Waals surface area contributed by atoms with Crippen LogP contribution in [-0.2, 0) is 16.1 Å². The van der Waals surface area contributed by atoms with E-state index in [0.717, 1.165) is 5.56 Å². The van der Waals surface area contributed by atoms with Gasteiger partial charge in [0.2, 0.25) is 0 Å². The Kier molecular flexibility index (Phi) is 6.72. The van der Waals surface area contributed by atoms with E-state index in [1.165, 1.54) is 5.06 Å². The minimum atomic E-state index is -0.659. The summed E-state index contributed by atoms with van der Waals surface area (Å²) in [6, 6.07) is 9.88. The van der Waals surface area contributed by atoms with Gasteiger partial charge in [-0.25, -0.2) is 0 Å². The van der Waals surface area contributed by atoms with Crippen molar-refractivity contribution < 1.29 is 14.7 Å². The number of nitrogens with zero attached hydrogens (tertiary/aromatic N) is 1. The minimum absolute atomic E-state index is 0.172. The number of ether oxygens (including phenoxy) is 1. The van der Waals surface area contributed by atoms with E-state index in [2.05, 4.69) is 0 Å². The molecule has 2 rings (SSSR count). The third-order valence-electron chi connectivity index (χ3n) is 3.82. The molecular formula is C18H29NO3. The third-order valence-corrected chi connectivity index (χ3v) is 3.82. The maximum Gasteiger partial charge on any atom is 0.136 e. The van der Waals surface area contributed by atoms with Gasteiger partial charge in [-0.3, -0.25) is 4.79 Å². The molecule has 1 aromatic carbocycles. The number of piperidine rings is 1. The average molecular weight is 307 g/mol. The van der Waals surface area contributed by atoms with Gasteiger partial charge in [-0.2, -0.15) is 5.06 Å². The van der Waals surface area contributed by atoms with E-state index in [0.29, 0.717) is 26.1 Å². The topological polar surface area (TPSA) is 49.8 Å². The molecule has 0 aromatic heterocycles. The van der Waals surface area contributed by atoms with Crippen LogP contribution in [0.15, 0.2) is 30.3 Å². The minimum Gasteiger partial charge on any atom is -0.375 e. The molecule has 0 radical (unpaired) electrons. The number of carbonyl (C=O) groups excluding carboxylic acids is 1. The van der Waals surface area contributed by atoms with Crippen LogP contribution in [0.2, 0.25) is 0 Å². The number of benzene rings is 1. The van der Waals surface area contributed by atoms with E-state index in [1.807, 2.05) is 65.0 Å². The average Bonchev–Trinajstić information content (AvgIpc) is 2.47. The molecule has 1 saturated heterocycles. The van der Waals surface area contributed by atoms with Gasteiger partial charge in [-0.1, -0.05) is 44.2 Å². The zero-order valence-corrected chi connectivity index (χ0v) is 14.4. The molecule has 1 unspecified atom stereocenters. The van der Waals surface area contributed by atoms with Gasteiger partial charge in [0.25, 0.3) is 0 Å². The number of hydrogen-bond donors (Lipinski definition) is 1. The van der Waals surface area contributed by atoms with E-state index in [9.17, 15) is 10.0 Å². The first-order chi connectivity index (χ1) is 10.3. The molecule has 22 heavy (non-hydrogen) atoms. The Labute approximate surface area is 134 Å². The summed E-state index contributed by atoms with van der Waals surface area (Å²) >= 11 is 0. The highest BCUT2D eigenvalue weighted by Crippen LogP contribution is 2.35. The van der Waals surface area contributed by atoms with Gasteiger partial charge in [0.15, 0.2) is 0 Å². The Morgan fingerprint density at radius 1 is 1.14 bits per heavy atom. The Bertz CT molecular complexity index is 472. The largest absolute Gasteiger partial charge is 0.375 e. The molecule has 0 amide bonds. The molecule has 1 fully saturated rings. The van der Waals surface area contributed by atoms with Crippen molar-refractivity contribution in [3.05, 3.63) is 35.9 Å². The number of hydrogen-bond acceptors (Lipinski definition) is 4. The van der Waals surface area contributed by atoms with Crippen molar-refractivity contribution in [3.63, 3.8) is 0 Å². The summed E-state index contributed by atoms with van der Waals surface area (Å²) in [4.78, 5) is 11.9. The van der Waals surface area contributed by atoms with Gasteiger partial charge in [0, 0.05) is 18.4 Å². The quantitative estimate of drug-likeness (QED) is 0.918. The van der Waals surface area contributed by atoms with E-state index < -0.39 is 11.1 Å². The fourth-order valence-electron chi connectivity index (χ4n) is 2.93. The lowest BCUT2D eigenvalue weighted by atomic mass is 9.80. The highest BCUT2D eigenvalue weighted by atomic mass is 16.5. The Morgan fingerprint density at radius 2 is 1.73 bits per heavy atom. The molecule has 0 saturated carbocycles. The summed E-state index contributed by atoms with van der Waals surface area (Å²) in [7, 11) is 0. The number of hydroxylamine groups is 2. The monoisotopic (exact) mass is 307 g/mol. The fourth-order valence-corrected chi connectivity index (χ4v) is 2.93. The molecule has 0 aliphatic carbocycles. The predicted octanol–water partition coefficient (Wildman–Crippen LogP) is 3.82. The van der Waals surface area contributed by atoms with Crippen molar-refractivity contribution in [1.29, 1.82) is 0 Å². The molecule has 1 aliphatic rings. The van der Waals surface area contributed by atoms with Crippen LogP contribution < -0.4 is 0 Å². The van der Waals surface area contributed by atoms with E-state index in [1.54, 1.807) is 0 Å². The summed E-state index contributed by atoms with van der Waals surface area (Å²) in [6.07, 6.45) is 0.694. The highest BCUT2D eigenvalue weighted by molar-refractivity contribution is 5.81. The molecular weight excluding hydrogens is 278 g/mol. The van der Waals surface area contributed by atoms with Crippen molar-refractivity contribution >= 4 is 5.78 Å². The van der Waals surface area contributed by atoms with Crippen LogP contribution in [0.1, 0.15) is 53.0 Å². The summed E-state index contributed by atoms with van der Waals surface area (Å²) in [5, 5.41) is 11.7. The zero-order chi connectivity index (χ0) is 16.8. The molecule has 0 spiro atoms. The van der Waals surface area contributed by atoms with Crippen LogP contribution >= 0.6 is 0 Å². The second-order valence-electron chi connectivity index (χ2n) is 6.49. The molecule has 1 heterocycles. The first-order valence-corrected chi connectivity index (χ1v) is 7.96. The SMILES string of the molecule is CC.CC1(C)CC(=O)CC(C)(COCc2ccccc2)N1O. The molecule has 1 aromatic rings. The van der Waals surface area contributed by atoms with Gasteiger partial charge in [0.05, 0.1) is 18.8 Å². The normalized spacial score (nSPS) is 24.5. The van der Waals surface area contributed by atoms with Crippen LogP contribution in [0.25, 0.3) is 0 Å². The van der Waals surface area contributed by atoms with E-state index >= 15 is 0 Å². The molecule has 1 N–H and O–H groups in total. The van der Waals surface area contributed by atoms with Gasteiger partial charge >= 0.3 is 0 Å². The summed E-state index contributed by atoms with van der Waals surface area (Å²) in [6.45, 7) is 10.4. The molecule has 4 nitrogen and oxygen atoms in total. The van der Waals surface area contributed by atoms with E-state index in [4.69, 9.17) is 4.74 Å². The van der Waals surface area contributed by atoms with Gasteiger partial charge in [-0.05, 0) is 26.3 Å². The number of rotatable bonds is 4. The lowest BCUT2D eigenvalue weighted by Crippen LogP contribution is -2.62. The van der Waals surface area contributed by atoms with E-state index in [-0.39, 0.29) is 5.78 Å². The maximum atomic E-state index is 11.9. The first-order valence-electron chi connectivity index (χ1n) is 7.96. The van der Waals surface area contributed by atoms with Gasteiger partial charge in [0.1, 0.15) is 5.78 Å². The lowest BCUT2D eigenvalue weighted by Gasteiger charge is -2.49. The van der Waals surface area contributed by atoms with Crippen LogP contribution in [0.4, 0.5) is 0 Å². The van der Waals surface area contributed by atoms with Gasteiger partial charge < -0.3 is 9.94 Å². The molecule has 1 aliphatic heterocycles. The second kappa shape index (κ2) is 7.86. The van der Waals surface area contributed by atoms with Crippen LogP contribution in [0.3, 0.4) is 0 Å². The standard InChI is InChI=1S/C16H23NO3.C2H6/c1-15(2)9-14(18)10-16(3,17(15)19)12-20-11-13-7-5-4-6-8-13;1-2/h4-8,19H,9-12H2,1-3H3;1-2H3. The fraction of sp³-hybridized carbons (Fsp3) is 0.611. The third kappa shape index (κ3) is 4.63. The summed E-state index contributed by atoms with van der Waals surface area (Å²) < 4.78 is 5.72. The highest BCUT2D eigenvalue weighted by Gasteiger charge is 2.47. The smallest absolute Gasteiger partial charge is 0.136 e. The van der Waals surface area contributed by atoms with Crippen molar-refractivity contribution in [2.75, 3.05) is 6.61 Å². The van der Waals surface area contributed by atoms with Crippen LogP contribution in [-0.4, -0.2) is 33.7 Å². The van der Waals surface area contributed by atoms with Crippen LogP contribution in [0.5, 0.6) is 0 Å². The van der Waals surface area contributed by atoms with Crippen molar-refractivity contribution in [2.24, 2.45) is 0 Å². The van der Waals surface area contributed by atoms with Crippen molar-refractivity contribution in [3.8, 4) is 0 Å². The van der Waals surface area contributed by atoms with Gasteiger partial charge in [-0.15, -0.1) is 0 Å².